The Morgan fingerprint density at radius 1 is 1.08 bits per heavy atom. The molecule has 134 valence electrons. The molecule has 0 aromatic heterocycles. The number of rotatable bonds is 6. The largest absolute Gasteiger partial charge is 0.348 e. The molecule has 2 aromatic rings. The van der Waals surface area contributed by atoms with Crippen molar-refractivity contribution in [3.05, 3.63) is 77.4 Å². The van der Waals surface area contributed by atoms with Gasteiger partial charge >= 0.3 is 0 Å². The molecule has 0 saturated heterocycles. The van der Waals surface area contributed by atoms with E-state index in [1.165, 1.54) is 5.56 Å². The molecule has 1 unspecified atom stereocenters. The summed E-state index contributed by atoms with van der Waals surface area (Å²) in [4.78, 5) is 24.8. The molecule has 2 N–H and O–H groups in total. The normalized spacial score (nSPS) is 15.7. The van der Waals surface area contributed by atoms with Crippen LogP contribution in [0.4, 0.5) is 5.69 Å². The molecular weight excluding hydrogens is 324 g/mol. The Morgan fingerprint density at radius 2 is 1.85 bits per heavy atom. The third-order valence-corrected chi connectivity index (χ3v) is 4.58. The molecule has 0 aliphatic heterocycles. The molecule has 2 amide bonds. The number of anilines is 1. The van der Waals surface area contributed by atoms with Gasteiger partial charge in [-0.05, 0) is 43.4 Å². The average molecular weight is 348 g/mol. The lowest BCUT2D eigenvalue weighted by Gasteiger charge is -2.13. The molecule has 0 saturated carbocycles. The lowest BCUT2D eigenvalue weighted by molar-refractivity contribution is -0.116. The summed E-state index contributed by atoms with van der Waals surface area (Å²) in [5, 5.41) is 5.81. The van der Waals surface area contributed by atoms with E-state index in [0.717, 1.165) is 18.4 Å². The van der Waals surface area contributed by atoms with Crippen molar-refractivity contribution in [3.63, 3.8) is 0 Å². The molecule has 2 aromatic carbocycles. The van der Waals surface area contributed by atoms with E-state index in [4.69, 9.17) is 0 Å². The average Bonchev–Trinajstić information content (AvgIpc) is 3.14. The number of aryl methyl sites for hydroxylation is 1. The number of para-hydroxylation sites is 1. The number of hydrogen-bond acceptors (Lipinski definition) is 2. The van der Waals surface area contributed by atoms with Gasteiger partial charge in [-0.3, -0.25) is 9.59 Å². The highest BCUT2D eigenvalue weighted by Gasteiger charge is 2.17. The summed E-state index contributed by atoms with van der Waals surface area (Å²) in [5.74, 6) is 0.0556. The first-order valence-electron chi connectivity index (χ1n) is 9.01. The maximum atomic E-state index is 12.6. The zero-order valence-electron chi connectivity index (χ0n) is 15.0. The lowest BCUT2D eigenvalue weighted by Crippen LogP contribution is -2.25. The van der Waals surface area contributed by atoms with Gasteiger partial charge in [0.25, 0.3) is 5.91 Å². The molecule has 3 rings (SSSR count). The molecular formula is C22H24N2O2. The van der Waals surface area contributed by atoms with Crippen LogP contribution < -0.4 is 10.6 Å². The molecule has 0 heterocycles. The fourth-order valence-corrected chi connectivity index (χ4v) is 3.08. The molecule has 0 spiro atoms. The number of nitrogens with one attached hydrogen (secondary N) is 2. The van der Waals surface area contributed by atoms with Crippen LogP contribution in [-0.2, 0) is 11.3 Å². The first kappa shape index (κ1) is 17.9. The van der Waals surface area contributed by atoms with Crippen LogP contribution in [0.25, 0.3) is 0 Å². The van der Waals surface area contributed by atoms with Crippen molar-refractivity contribution in [2.45, 2.75) is 32.7 Å². The van der Waals surface area contributed by atoms with Crippen LogP contribution in [0.15, 0.2) is 60.7 Å². The van der Waals surface area contributed by atoms with E-state index in [1.54, 1.807) is 18.2 Å². The Hall–Kier alpha value is -2.88. The Bertz CT molecular complexity index is 809. The van der Waals surface area contributed by atoms with Crippen molar-refractivity contribution in [1.82, 2.24) is 5.32 Å². The maximum absolute atomic E-state index is 12.6. The second-order valence-corrected chi connectivity index (χ2v) is 6.73. The van der Waals surface area contributed by atoms with E-state index in [0.29, 0.717) is 30.1 Å². The highest BCUT2D eigenvalue weighted by molar-refractivity contribution is 6.03. The molecule has 1 aliphatic rings. The Labute approximate surface area is 154 Å². The Balaban J connectivity index is 1.61. The summed E-state index contributed by atoms with van der Waals surface area (Å²) >= 11 is 0. The zero-order valence-corrected chi connectivity index (χ0v) is 15.0. The number of carbonyl (C=O) groups is 2. The van der Waals surface area contributed by atoms with Gasteiger partial charge in [0.15, 0.2) is 0 Å². The molecule has 1 atom stereocenters. The van der Waals surface area contributed by atoms with Crippen molar-refractivity contribution in [2.75, 3.05) is 5.32 Å². The number of carbonyl (C=O) groups excluding carboxylic acids is 2. The van der Waals surface area contributed by atoms with Crippen LogP contribution in [0.2, 0.25) is 0 Å². The fourth-order valence-electron chi connectivity index (χ4n) is 3.08. The summed E-state index contributed by atoms with van der Waals surface area (Å²) in [6.07, 6.45) is 6.72. The topological polar surface area (TPSA) is 58.2 Å². The minimum atomic E-state index is -0.192. The van der Waals surface area contributed by atoms with Gasteiger partial charge in [0, 0.05) is 13.0 Å². The summed E-state index contributed by atoms with van der Waals surface area (Å²) in [6, 6.07) is 15.2. The molecule has 4 heteroatoms. The minimum Gasteiger partial charge on any atom is -0.348 e. The predicted molar refractivity (Wildman–Crippen MR) is 104 cm³/mol. The predicted octanol–water partition coefficient (Wildman–Crippen LogP) is 4.22. The van der Waals surface area contributed by atoms with Crippen LogP contribution in [0.3, 0.4) is 0 Å². The highest BCUT2D eigenvalue weighted by Crippen LogP contribution is 2.22. The third kappa shape index (κ3) is 4.82. The SMILES string of the molecule is Cc1ccc(CNC(=O)c2ccccc2NC(=O)CC2C=CCC2)cc1. The molecule has 1 aliphatic carbocycles. The van der Waals surface area contributed by atoms with E-state index in [2.05, 4.69) is 22.8 Å². The van der Waals surface area contributed by atoms with E-state index >= 15 is 0 Å². The van der Waals surface area contributed by atoms with E-state index < -0.39 is 0 Å². The third-order valence-electron chi connectivity index (χ3n) is 4.58. The van der Waals surface area contributed by atoms with E-state index in [9.17, 15) is 9.59 Å². The standard InChI is InChI=1S/C22H24N2O2/c1-16-10-12-18(13-11-16)15-23-22(26)19-8-4-5-9-20(19)24-21(25)14-17-6-2-3-7-17/h2,4-6,8-13,17H,3,7,14-15H2,1H3,(H,23,26)(H,24,25). The van der Waals surface area contributed by atoms with Gasteiger partial charge < -0.3 is 10.6 Å². The smallest absolute Gasteiger partial charge is 0.253 e. The van der Waals surface area contributed by atoms with Crippen molar-refractivity contribution < 1.29 is 9.59 Å². The molecule has 26 heavy (non-hydrogen) atoms. The first-order valence-corrected chi connectivity index (χ1v) is 9.01. The first-order chi connectivity index (χ1) is 12.6. The van der Waals surface area contributed by atoms with Crippen LogP contribution in [0.5, 0.6) is 0 Å². The van der Waals surface area contributed by atoms with Gasteiger partial charge in [-0.1, -0.05) is 54.1 Å². The Morgan fingerprint density at radius 3 is 2.58 bits per heavy atom. The van der Waals surface area contributed by atoms with Crippen molar-refractivity contribution in [1.29, 1.82) is 0 Å². The second kappa shape index (κ2) is 8.48. The van der Waals surface area contributed by atoms with Gasteiger partial charge in [0.1, 0.15) is 0 Å². The van der Waals surface area contributed by atoms with Gasteiger partial charge in [-0.2, -0.15) is 0 Å². The number of amides is 2. The number of benzene rings is 2. The summed E-state index contributed by atoms with van der Waals surface area (Å²) in [5.41, 5.74) is 3.26. The quantitative estimate of drug-likeness (QED) is 0.768. The van der Waals surface area contributed by atoms with Crippen molar-refractivity contribution in [3.8, 4) is 0 Å². The summed E-state index contributed by atoms with van der Waals surface area (Å²) in [7, 11) is 0. The Kier molecular flexibility index (Phi) is 5.84. The maximum Gasteiger partial charge on any atom is 0.253 e. The van der Waals surface area contributed by atoms with E-state index in [-0.39, 0.29) is 11.8 Å². The van der Waals surface area contributed by atoms with Gasteiger partial charge in [-0.25, -0.2) is 0 Å². The van der Waals surface area contributed by atoms with Crippen molar-refractivity contribution in [2.24, 2.45) is 5.92 Å². The van der Waals surface area contributed by atoms with Crippen LogP contribution in [0.1, 0.15) is 40.7 Å². The van der Waals surface area contributed by atoms with Crippen LogP contribution in [0, 0.1) is 12.8 Å². The molecule has 0 bridgehead atoms. The van der Waals surface area contributed by atoms with Gasteiger partial charge in [0.05, 0.1) is 11.3 Å². The summed E-state index contributed by atoms with van der Waals surface area (Å²) in [6.45, 7) is 2.48. The van der Waals surface area contributed by atoms with E-state index in [1.807, 2.05) is 37.3 Å². The molecule has 4 nitrogen and oxygen atoms in total. The zero-order chi connectivity index (χ0) is 18.4. The van der Waals surface area contributed by atoms with Crippen molar-refractivity contribution >= 4 is 17.5 Å². The van der Waals surface area contributed by atoms with Gasteiger partial charge in [0.2, 0.25) is 5.91 Å². The monoisotopic (exact) mass is 348 g/mol. The summed E-state index contributed by atoms with van der Waals surface area (Å²) < 4.78 is 0. The fraction of sp³-hybridized carbons (Fsp3) is 0.273. The number of hydrogen-bond donors (Lipinski definition) is 2. The second-order valence-electron chi connectivity index (χ2n) is 6.73. The van der Waals surface area contributed by atoms with Crippen LogP contribution in [-0.4, -0.2) is 11.8 Å². The molecule has 0 radical (unpaired) electrons. The number of allylic oxidation sites excluding steroid dienone is 2. The molecule has 0 fully saturated rings. The van der Waals surface area contributed by atoms with Crippen LogP contribution >= 0.6 is 0 Å². The lowest BCUT2D eigenvalue weighted by atomic mass is 10.0. The van der Waals surface area contributed by atoms with Gasteiger partial charge in [-0.15, -0.1) is 0 Å². The highest BCUT2D eigenvalue weighted by atomic mass is 16.2. The minimum absolute atomic E-state index is 0.0552.